The highest BCUT2D eigenvalue weighted by Crippen LogP contribution is 2.22. The van der Waals surface area contributed by atoms with E-state index in [0.29, 0.717) is 17.4 Å². The molecule has 1 heterocycles. The molecule has 0 fully saturated rings. The van der Waals surface area contributed by atoms with Gasteiger partial charge in [0.25, 0.3) is 0 Å². The average molecular weight is 378 g/mol. The van der Waals surface area contributed by atoms with Crippen LogP contribution >= 0.6 is 11.8 Å². The van der Waals surface area contributed by atoms with Crippen LogP contribution in [-0.4, -0.2) is 26.4 Å². The van der Waals surface area contributed by atoms with E-state index in [1.54, 1.807) is 0 Å². The SMILES string of the molecule is C/C(N)=C(\C#N)C(=O)CSc1nnc(Cc2cccc3ccccc23)n1N. The van der Waals surface area contributed by atoms with Crippen LogP contribution in [0.1, 0.15) is 18.3 Å². The van der Waals surface area contributed by atoms with Crippen molar-refractivity contribution in [2.75, 3.05) is 11.6 Å². The number of Topliss-reactive ketones (excluding diaryl/α,β-unsaturated/α-hetero) is 1. The Kier molecular flexibility index (Phi) is 5.43. The molecule has 3 aromatic rings. The van der Waals surface area contributed by atoms with Crippen molar-refractivity contribution >= 4 is 28.3 Å². The first-order chi connectivity index (χ1) is 13.0. The van der Waals surface area contributed by atoms with Crippen LogP contribution in [0.3, 0.4) is 0 Å². The van der Waals surface area contributed by atoms with Gasteiger partial charge in [-0.15, -0.1) is 10.2 Å². The smallest absolute Gasteiger partial charge is 0.210 e. The van der Waals surface area contributed by atoms with Gasteiger partial charge in [-0.1, -0.05) is 54.2 Å². The fraction of sp³-hybridized carbons (Fsp3) is 0.158. The lowest BCUT2D eigenvalue weighted by Crippen LogP contribution is -2.16. The number of carbonyl (C=O) groups is 1. The number of ketones is 1. The summed E-state index contributed by atoms with van der Waals surface area (Å²) in [5, 5.41) is 19.9. The normalized spacial score (nSPS) is 11.9. The number of benzene rings is 2. The van der Waals surface area contributed by atoms with Crippen molar-refractivity contribution in [1.29, 1.82) is 5.26 Å². The Balaban J connectivity index is 1.77. The predicted molar refractivity (Wildman–Crippen MR) is 105 cm³/mol. The number of allylic oxidation sites excluding steroid dienone is 2. The predicted octanol–water partition coefficient (Wildman–Crippen LogP) is 2.15. The minimum Gasteiger partial charge on any atom is -0.401 e. The summed E-state index contributed by atoms with van der Waals surface area (Å²) in [6, 6.07) is 16.0. The van der Waals surface area contributed by atoms with Gasteiger partial charge >= 0.3 is 0 Å². The molecule has 0 aliphatic heterocycles. The molecule has 0 aliphatic rings. The monoisotopic (exact) mass is 378 g/mol. The first kappa shape index (κ1) is 18.5. The Hall–Kier alpha value is -3.31. The molecule has 0 radical (unpaired) electrons. The van der Waals surface area contributed by atoms with Crippen LogP contribution in [0.5, 0.6) is 0 Å². The van der Waals surface area contributed by atoms with Crippen molar-refractivity contribution in [2.24, 2.45) is 5.73 Å². The number of nitrogens with two attached hydrogens (primary N) is 2. The number of nitrogens with zero attached hydrogens (tertiary/aromatic N) is 4. The lowest BCUT2D eigenvalue weighted by Gasteiger charge is -2.07. The zero-order valence-corrected chi connectivity index (χ0v) is 15.5. The summed E-state index contributed by atoms with van der Waals surface area (Å²) >= 11 is 1.13. The van der Waals surface area contributed by atoms with Crippen molar-refractivity contribution < 1.29 is 4.79 Å². The molecule has 0 saturated carbocycles. The van der Waals surface area contributed by atoms with Crippen LogP contribution < -0.4 is 11.6 Å². The van der Waals surface area contributed by atoms with E-state index in [4.69, 9.17) is 16.8 Å². The Morgan fingerprint density at radius 1 is 1.22 bits per heavy atom. The van der Waals surface area contributed by atoms with Crippen molar-refractivity contribution in [3.05, 3.63) is 65.1 Å². The molecule has 0 saturated heterocycles. The standard InChI is InChI=1S/C19H18N6OS/c1-12(21)16(10-20)17(26)11-27-19-24-23-18(25(19)22)9-14-7-4-6-13-5-2-3-8-15(13)14/h2-8H,9,11,21-22H2,1H3/b16-12-. The number of hydrogen-bond donors (Lipinski definition) is 2. The molecule has 2 aromatic carbocycles. The molecule has 0 bridgehead atoms. The van der Waals surface area contributed by atoms with Crippen molar-refractivity contribution in [3.63, 3.8) is 0 Å². The van der Waals surface area contributed by atoms with E-state index in [1.165, 1.54) is 11.6 Å². The minimum atomic E-state index is -0.360. The lowest BCUT2D eigenvalue weighted by atomic mass is 10.0. The van der Waals surface area contributed by atoms with E-state index in [1.807, 2.05) is 30.3 Å². The highest BCUT2D eigenvalue weighted by atomic mass is 32.2. The highest BCUT2D eigenvalue weighted by Gasteiger charge is 2.16. The second kappa shape index (κ2) is 7.93. The van der Waals surface area contributed by atoms with E-state index < -0.39 is 0 Å². The lowest BCUT2D eigenvalue weighted by molar-refractivity contribution is -0.112. The molecule has 0 amide bonds. The number of aromatic nitrogens is 3. The number of carbonyl (C=O) groups excluding carboxylic acids is 1. The summed E-state index contributed by atoms with van der Waals surface area (Å²) in [4.78, 5) is 12.1. The number of nitrogen functional groups attached to an aromatic ring is 1. The molecule has 27 heavy (non-hydrogen) atoms. The molecule has 0 aliphatic carbocycles. The maximum absolute atomic E-state index is 12.1. The first-order valence-electron chi connectivity index (χ1n) is 8.19. The first-order valence-corrected chi connectivity index (χ1v) is 9.18. The number of fused-ring (bicyclic) bond motifs is 1. The average Bonchev–Trinajstić information content (AvgIpc) is 3.00. The largest absolute Gasteiger partial charge is 0.401 e. The third-order valence-corrected chi connectivity index (χ3v) is 5.02. The molecule has 1 aromatic heterocycles. The molecule has 0 spiro atoms. The van der Waals surface area contributed by atoms with Gasteiger partial charge in [0.15, 0.2) is 11.6 Å². The minimum absolute atomic E-state index is 0.0149. The van der Waals surface area contributed by atoms with E-state index in [0.717, 1.165) is 28.1 Å². The third kappa shape index (κ3) is 3.93. The van der Waals surface area contributed by atoms with Crippen molar-refractivity contribution in [2.45, 2.75) is 18.5 Å². The third-order valence-electron chi connectivity index (χ3n) is 4.08. The molecule has 0 unspecified atom stereocenters. The van der Waals surface area contributed by atoms with Gasteiger partial charge in [0.1, 0.15) is 11.6 Å². The molecular formula is C19H18N6OS. The number of hydrogen-bond acceptors (Lipinski definition) is 7. The van der Waals surface area contributed by atoms with Gasteiger partial charge in [0.2, 0.25) is 5.16 Å². The fourth-order valence-electron chi connectivity index (χ4n) is 2.72. The Morgan fingerprint density at radius 2 is 1.96 bits per heavy atom. The van der Waals surface area contributed by atoms with Gasteiger partial charge in [0.05, 0.1) is 5.75 Å². The summed E-state index contributed by atoms with van der Waals surface area (Å²) in [5.74, 6) is 6.35. The summed E-state index contributed by atoms with van der Waals surface area (Å²) < 4.78 is 1.38. The van der Waals surface area contributed by atoms with Crippen LogP contribution in [-0.2, 0) is 11.2 Å². The van der Waals surface area contributed by atoms with Crippen LogP contribution in [0.15, 0.2) is 58.9 Å². The molecule has 0 atom stereocenters. The van der Waals surface area contributed by atoms with E-state index in [9.17, 15) is 4.79 Å². The fourth-order valence-corrected chi connectivity index (χ4v) is 3.46. The van der Waals surface area contributed by atoms with Crippen molar-refractivity contribution in [1.82, 2.24) is 14.9 Å². The molecular weight excluding hydrogens is 360 g/mol. The molecule has 3 rings (SSSR count). The zero-order chi connectivity index (χ0) is 19.4. The van der Waals surface area contributed by atoms with Gasteiger partial charge < -0.3 is 11.6 Å². The topological polar surface area (TPSA) is 124 Å². The van der Waals surface area contributed by atoms with E-state index in [2.05, 4.69) is 28.4 Å². The van der Waals surface area contributed by atoms with E-state index in [-0.39, 0.29) is 22.8 Å². The quantitative estimate of drug-likeness (QED) is 0.291. The Labute approximate surface area is 160 Å². The summed E-state index contributed by atoms with van der Waals surface area (Å²) in [5.41, 5.74) is 6.81. The van der Waals surface area contributed by atoms with Crippen LogP contribution in [0.2, 0.25) is 0 Å². The van der Waals surface area contributed by atoms with Crippen LogP contribution in [0.25, 0.3) is 10.8 Å². The summed E-state index contributed by atoms with van der Waals surface area (Å²) in [6.07, 6.45) is 0.518. The number of nitriles is 1. The van der Waals surface area contributed by atoms with Gasteiger partial charge in [-0.3, -0.25) is 4.79 Å². The Bertz CT molecular complexity index is 1070. The van der Waals surface area contributed by atoms with Gasteiger partial charge in [-0.05, 0) is 23.3 Å². The second-order valence-corrected chi connectivity index (χ2v) is 6.91. The molecule has 8 heteroatoms. The van der Waals surface area contributed by atoms with Gasteiger partial charge in [0, 0.05) is 12.1 Å². The maximum Gasteiger partial charge on any atom is 0.210 e. The number of thioether (sulfide) groups is 1. The number of rotatable bonds is 6. The van der Waals surface area contributed by atoms with Crippen LogP contribution in [0, 0.1) is 11.3 Å². The summed E-state index contributed by atoms with van der Waals surface area (Å²) in [7, 11) is 0. The molecule has 7 nitrogen and oxygen atoms in total. The maximum atomic E-state index is 12.1. The van der Waals surface area contributed by atoms with Crippen molar-refractivity contribution in [3.8, 4) is 6.07 Å². The van der Waals surface area contributed by atoms with Crippen LogP contribution in [0.4, 0.5) is 0 Å². The zero-order valence-electron chi connectivity index (χ0n) is 14.7. The van der Waals surface area contributed by atoms with Gasteiger partial charge in [-0.25, -0.2) is 4.68 Å². The highest BCUT2D eigenvalue weighted by molar-refractivity contribution is 7.99. The molecule has 136 valence electrons. The van der Waals surface area contributed by atoms with E-state index >= 15 is 0 Å². The second-order valence-electron chi connectivity index (χ2n) is 5.97. The summed E-state index contributed by atoms with van der Waals surface area (Å²) in [6.45, 7) is 1.52. The molecule has 4 N–H and O–H groups in total. The van der Waals surface area contributed by atoms with Gasteiger partial charge in [-0.2, -0.15) is 5.26 Å². The Morgan fingerprint density at radius 3 is 2.70 bits per heavy atom.